The van der Waals surface area contributed by atoms with Crippen molar-refractivity contribution in [3.8, 4) is 0 Å². The van der Waals surface area contributed by atoms with Crippen LogP contribution in [0.5, 0.6) is 0 Å². The zero-order valence-corrected chi connectivity index (χ0v) is 25.0. The summed E-state index contributed by atoms with van der Waals surface area (Å²) in [4.78, 5) is 59.6. The van der Waals surface area contributed by atoms with Crippen molar-refractivity contribution in [3.63, 3.8) is 0 Å². The molecule has 5 bridgehead atoms. The van der Waals surface area contributed by atoms with Gasteiger partial charge in [0.05, 0.1) is 17.2 Å². The number of nitrogens with one attached hydrogen (secondary N) is 3. The van der Waals surface area contributed by atoms with Crippen molar-refractivity contribution in [2.45, 2.75) is 78.6 Å². The number of rotatable bonds is 1. The molecular formula is C31H42N6O4. The van der Waals surface area contributed by atoms with Crippen LogP contribution in [0.4, 0.5) is 0 Å². The Hall–Kier alpha value is -3.79. The molecule has 10 heteroatoms. The Balaban J connectivity index is 1.74. The minimum Gasteiger partial charge on any atom is -0.348 e. The molecule has 0 radical (unpaired) electrons. The maximum absolute atomic E-state index is 13.7. The van der Waals surface area contributed by atoms with Crippen LogP contribution in [0.1, 0.15) is 71.7 Å². The summed E-state index contributed by atoms with van der Waals surface area (Å²) in [5.41, 5.74) is 3.77. The first-order valence-electron chi connectivity index (χ1n) is 14.3. The van der Waals surface area contributed by atoms with Gasteiger partial charge in [-0.3, -0.25) is 29.2 Å². The predicted molar refractivity (Wildman–Crippen MR) is 158 cm³/mol. The maximum Gasteiger partial charge on any atom is 0.258 e. The number of carbonyl (C=O) groups excluding carboxylic acids is 4. The predicted octanol–water partition coefficient (Wildman–Crippen LogP) is 2.95. The van der Waals surface area contributed by atoms with E-state index in [1.165, 1.54) is 9.91 Å². The SMILES string of the molecule is CC(C)[C@H]1C(=O)N[C@@H](C)C(=O)N2CCC[C@H](N2)C(=O)N[C@H](C)c2ccc3cnc(cc3c2)/C=C/C(C)(C)C(=O)N1C. The molecule has 0 aliphatic carbocycles. The van der Waals surface area contributed by atoms with E-state index >= 15 is 0 Å². The Kier molecular flexibility index (Phi) is 8.82. The number of likely N-dealkylation sites (N-methyl/N-ethyl adjacent to an activating group) is 1. The standard InChI is InChI=1S/C31H42N6O4/c1-18(2)26-28(39)34-20(4)29(40)37-14-8-9-25(35-37)27(38)33-19(3)21-10-11-22-17-32-24(16-23(22)15-21)12-13-31(5,6)30(41)36(26)7/h10-13,15-20,25-26,35H,8-9,14H2,1-7H3,(H,33,38)(H,34,39)/b13-12+/t19-,20+,25+,26+/m1/s1. The number of hydrogen-bond acceptors (Lipinski definition) is 6. The normalized spacial score (nSPS) is 27.1. The van der Waals surface area contributed by atoms with E-state index in [2.05, 4.69) is 21.0 Å². The fourth-order valence-electron chi connectivity index (χ4n) is 5.53. The average molecular weight is 563 g/mol. The van der Waals surface area contributed by atoms with Crippen molar-refractivity contribution >= 4 is 40.5 Å². The molecule has 4 amide bonds. The molecule has 1 aromatic carbocycles. The third kappa shape index (κ3) is 6.59. The Morgan fingerprint density at radius 3 is 2.39 bits per heavy atom. The summed E-state index contributed by atoms with van der Waals surface area (Å²) in [7, 11) is 1.62. The fraction of sp³-hybridized carbons (Fsp3) is 0.516. The van der Waals surface area contributed by atoms with E-state index < -0.39 is 29.4 Å². The highest BCUT2D eigenvalue weighted by Crippen LogP contribution is 2.26. The molecule has 4 atom stereocenters. The number of pyridine rings is 1. The van der Waals surface area contributed by atoms with E-state index in [1.54, 1.807) is 40.1 Å². The molecule has 2 aromatic rings. The van der Waals surface area contributed by atoms with Crippen LogP contribution in [0.25, 0.3) is 16.8 Å². The van der Waals surface area contributed by atoms with E-state index in [1.807, 2.05) is 51.1 Å². The quantitative estimate of drug-likeness (QED) is 0.491. The average Bonchev–Trinajstić information content (AvgIpc) is 2.94. The Labute approximate surface area is 241 Å². The molecule has 4 rings (SSSR count). The van der Waals surface area contributed by atoms with Gasteiger partial charge in [0.2, 0.25) is 17.7 Å². The van der Waals surface area contributed by atoms with Crippen LogP contribution in [-0.2, 0) is 19.2 Å². The van der Waals surface area contributed by atoms with Crippen LogP contribution in [0, 0.1) is 11.3 Å². The number of benzene rings is 1. The summed E-state index contributed by atoms with van der Waals surface area (Å²) in [6.45, 7) is 11.3. The lowest BCUT2D eigenvalue weighted by Gasteiger charge is -2.37. The van der Waals surface area contributed by atoms with Gasteiger partial charge in [-0.05, 0) is 75.6 Å². The first kappa shape index (κ1) is 30.2. The molecule has 10 nitrogen and oxygen atoms in total. The molecule has 0 spiro atoms. The van der Waals surface area contributed by atoms with Crippen molar-refractivity contribution < 1.29 is 19.2 Å². The van der Waals surface area contributed by atoms with Crippen LogP contribution < -0.4 is 16.1 Å². The van der Waals surface area contributed by atoms with Gasteiger partial charge in [-0.1, -0.05) is 32.1 Å². The van der Waals surface area contributed by atoms with Crippen molar-refractivity contribution in [1.82, 2.24) is 31.0 Å². The van der Waals surface area contributed by atoms with Crippen LogP contribution >= 0.6 is 0 Å². The van der Waals surface area contributed by atoms with E-state index in [4.69, 9.17) is 0 Å². The summed E-state index contributed by atoms with van der Waals surface area (Å²) in [6, 6.07) is 5.44. The molecule has 3 N–H and O–H groups in total. The minimum atomic E-state index is -0.924. The van der Waals surface area contributed by atoms with Crippen molar-refractivity contribution in [2.75, 3.05) is 13.6 Å². The lowest BCUT2D eigenvalue weighted by Crippen LogP contribution is -2.62. The number of hydrogen-bond donors (Lipinski definition) is 3. The van der Waals surface area contributed by atoms with E-state index in [0.717, 1.165) is 16.3 Å². The molecule has 2 aliphatic rings. The zero-order valence-electron chi connectivity index (χ0n) is 25.0. The monoisotopic (exact) mass is 562 g/mol. The van der Waals surface area contributed by atoms with E-state index in [-0.39, 0.29) is 29.7 Å². The van der Waals surface area contributed by atoms with Crippen LogP contribution in [-0.4, -0.2) is 70.2 Å². The van der Waals surface area contributed by atoms with E-state index in [9.17, 15) is 19.2 Å². The van der Waals surface area contributed by atoms with Gasteiger partial charge in [0.25, 0.3) is 5.91 Å². The number of amides is 4. The van der Waals surface area contributed by atoms with Gasteiger partial charge in [-0.15, -0.1) is 0 Å². The smallest absolute Gasteiger partial charge is 0.258 e. The van der Waals surface area contributed by atoms with Gasteiger partial charge in [0.15, 0.2) is 0 Å². The maximum atomic E-state index is 13.7. The topological polar surface area (TPSA) is 124 Å². The number of fused-ring (bicyclic) bond motifs is 4. The van der Waals surface area contributed by atoms with Gasteiger partial charge in [0, 0.05) is 25.2 Å². The number of hydrazine groups is 1. The highest BCUT2D eigenvalue weighted by atomic mass is 16.2. The first-order valence-corrected chi connectivity index (χ1v) is 14.3. The van der Waals surface area contributed by atoms with Crippen LogP contribution in [0.3, 0.4) is 0 Å². The van der Waals surface area contributed by atoms with Gasteiger partial charge in [-0.2, -0.15) is 0 Å². The van der Waals surface area contributed by atoms with Crippen molar-refractivity contribution in [3.05, 3.63) is 47.8 Å². The molecule has 0 unspecified atom stereocenters. The molecule has 220 valence electrons. The summed E-state index contributed by atoms with van der Waals surface area (Å²) < 4.78 is 0. The summed E-state index contributed by atoms with van der Waals surface area (Å²) in [5.74, 6) is -1.37. The molecule has 3 heterocycles. The number of aromatic nitrogens is 1. The van der Waals surface area contributed by atoms with E-state index in [0.29, 0.717) is 25.1 Å². The van der Waals surface area contributed by atoms with Crippen molar-refractivity contribution in [1.29, 1.82) is 0 Å². The molecular weight excluding hydrogens is 520 g/mol. The second-order valence-electron chi connectivity index (χ2n) is 12.2. The number of carbonyl (C=O) groups is 4. The number of nitrogens with zero attached hydrogens (tertiary/aromatic N) is 3. The third-order valence-corrected chi connectivity index (χ3v) is 7.98. The van der Waals surface area contributed by atoms with Crippen LogP contribution in [0.2, 0.25) is 0 Å². The first-order chi connectivity index (χ1) is 19.3. The second-order valence-corrected chi connectivity index (χ2v) is 12.2. The fourth-order valence-corrected chi connectivity index (χ4v) is 5.53. The second kappa shape index (κ2) is 12.0. The van der Waals surface area contributed by atoms with Gasteiger partial charge in [0.1, 0.15) is 18.1 Å². The Morgan fingerprint density at radius 2 is 1.68 bits per heavy atom. The molecule has 2 aliphatic heterocycles. The molecule has 1 aromatic heterocycles. The zero-order chi connectivity index (χ0) is 30.1. The third-order valence-electron chi connectivity index (χ3n) is 7.98. The van der Waals surface area contributed by atoms with Gasteiger partial charge >= 0.3 is 0 Å². The molecule has 0 saturated carbocycles. The lowest BCUT2D eigenvalue weighted by molar-refractivity contribution is -0.147. The van der Waals surface area contributed by atoms with Gasteiger partial charge in [-0.25, -0.2) is 5.43 Å². The lowest BCUT2D eigenvalue weighted by atomic mass is 9.89. The highest BCUT2D eigenvalue weighted by molar-refractivity contribution is 5.94. The summed E-state index contributed by atoms with van der Waals surface area (Å²) >= 11 is 0. The minimum absolute atomic E-state index is 0.196. The Morgan fingerprint density at radius 1 is 0.976 bits per heavy atom. The highest BCUT2D eigenvalue weighted by Gasteiger charge is 2.38. The Bertz CT molecular complexity index is 1370. The van der Waals surface area contributed by atoms with Gasteiger partial charge < -0.3 is 15.5 Å². The van der Waals surface area contributed by atoms with Crippen molar-refractivity contribution in [2.24, 2.45) is 11.3 Å². The summed E-state index contributed by atoms with van der Waals surface area (Å²) in [6.07, 6.45) is 6.63. The molecule has 1 saturated heterocycles. The molecule has 1 fully saturated rings. The van der Waals surface area contributed by atoms with Crippen LogP contribution in [0.15, 0.2) is 36.5 Å². The largest absolute Gasteiger partial charge is 0.348 e. The molecule has 41 heavy (non-hydrogen) atoms. The summed E-state index contributed by atoms with van der Waals surface area (Å²) in [5, 5.41) is 9.22.